The summed E-state index contributed by atoms with van der Waals surface area (Å²) >= 11 is 0. The maximum atomic E-state index is 12.5. The minimum absolute atomic E-state index is 0.375. The Bertz CT molecular complexity index is 752. The van der Waals surface area contributed by atoms with Gasteiger partial charge in [0.1, 0.15) is 17.5 Å². The van der Waals surface area contributed by atoms with Gasteiger partial charge in [-0.25, -0.2) is 0 Å². The molecule has 23 heavy (non-hydrogen) atoms. The van der Waals surface area contributed by atoms with Gasteiger partial charge < -0.3 is 9.84 Å². The van der Waals surface area contributed by atoms with Crippen LogP contribution in [0.25, 0.3) is 0 Å². The summed E-state index contributed by atoms with van der Waals surface area (Å²) in [5.41, 5.74) is -0.120. The van der Waals surface area contributed by atoms with Gasteiger partial charge in [-0.2, -0.15) is 22.3 Å². The first kappa shape index (κ1) is 17.7. The molecular weight excluding hydrogens is 318 g/mol. The average molecular weight is 339 g/mol. The van der Waals surface area contributed by atoms with Gasteiger partial charge in [0.2, 0.25) is 0 Å². The molecule has 0 aromatic heterocycles. The largest absolute Gasteiger partial charge is 0.485 e. The number of likely N-dealkylation sites (N-methyl/N-ethyl adjacent to an activating group) is 1. The first-order valence-electron chi connectivity index (χ1n) is 7.09. The van der Waals surface area contributed by atoms with Crippen LogP contribution in [0.5, 0.6) is 5.75 Å². The predicted molar refractivity (Wildman–Crippen MR) is 85.0 cm³/mol. The topological polar surface area (TPSA) is 93.9 Å². The number of fused-ring (bicyclic) bond motifs is 1. The van der Waals surface area contributed by atoms with Crippen LogP contribution in [0.3, 0.4) is 0 Å². The highest BCUT2D eigenvalue weighted by atomic mass is 32.2. The van der Waals surface area contributed by atoms with Crippen molar-refractivity contribution in [1.82, 2.24) is 8.61 Å². The van der Waals surface area contributed by atoms with E-state index in [2.05, 4.69) is 0 Å². The van der Waals surface area contributed by atoms with E-state index in [-0.39, 0.29) is 0 Å². The van der Waals surface area contributed by atoms with Gasteiger partial charge >= 0.3 is 0 Å². The second-order valence-electron chi connectivity index (χ2n) is 6.27. The molecule has 8 heteroatoms. The summed E-state index contributed by atoms with van der Waals surface area (Å²) in [6.45, 7) is 3.39. The van der Waals surface area contributed by atoms with Crippen LogP contribution in [0.15, 0.2) is 18.2 Å². The molecule has 2 rings (SSSR count). The number of hydrogen-bond donors (Lipinski definition) is 1. The number of ether oxygens (including phenoxy) is 1. The lowest BCUT2D eigenvalue weighted by molar-refractivity contribution is -0.0768. The molecule has 126 valence electrons. The number of hydrogen-bond acceptors (Lipinski definition) is 5. The van der Waals surface area contributed by atoms with Crippen LogP contribution in [0.1, 0.15) is 31.0 Å². The molecule has 1 aliphatic heterocycles. The molecule has 7 nitrogen and oxygen atoms in total. The molecule has 0 saturated heterocycles. The van der Waals surface area contributed by atoms with Crippen LogP contribution in [-0.2, 0) is 10.2 Å². The molecule has 0 bridgehead atoms. The first-order valence-corrected chi connectivity index (χ1v) is 8.48. The molecular formula is C15H21N3O4S. The molecule has 0 spiro atoms. The standard InChI is InChI=1S/C15H21N3O4S/c1-15(2)14(19)13(18(5)23(20,21)17(3)4)11-8-10(9-16)6-7-12(11)22-15/h6-8,13-14,19H,1-5H3/t13-,14+/m1/s1. The lowest BCUT2D eigenvalue weighted by Crippen LogP contribution is -2.55. The van der Waals surface area contributed by atoms with E-state index in [1.807, 2.05) is 6.07 Å². The van der Waals surface area contributed by atoms with Gasteiger partial charge in [0.15, 0.2) is 0 Å². The van der Waals surface area contributed by atoms with Crippen LogP contribution >= 0.6 is 0 Å². The molecule has 0 radical (unpaired) electrons. The number of rotatable bonds is 3. The number of benzene rings is 1. The molecule has 1 N–H and O–H groups in total. The summed E-state index contributed by atoms with van der Waals surface area (Å²) in [4.78, 5) is 0. The molecule has 1 aliphatic rings. The zero-order valence-corrected chi connectivity index (χ0v) is 14.6. The Balaban J connectivity index is 2.64. The van der Waals surface area contributed by atoms with Crippen molar-refractivity contribution in [3.05, 3.63) is 29.3 Å². The third-order valence-corrected chi connectivity index (χ3v) is 5.94. The van der Waals surface area contributed by atoms with Crippen molar-refractivity contribution in [2.75, 3.05) is 21.1 Å². The second-order valence-corrected chi connectivity index (χ2v) is 8.47. The van der Waals surface area contributed by atoms with Crippen LogP contribution in [-0.4, -0.2) is 55.0 Å². The third kappa shape index (κ3) is 2.93. The Labute approximate surface area is 136 Å². The Morgan fingerprint density at radius 3 is 2.43 bits per heavy atom. The van der Waals surface area contributed by atoms with Crippen molar-refractivity contribution in [3.8, 4) is 11.8 Å². The fourth-order valence-electron chi connectivity index (χ4n) is 2.63. The van der Waals surface area contributed by atoms with Crippen LogP contribution in [0.2, 0.25) is 0 Å². The number of nitriles is 1. The van der Waals surface area contributed by atoms with E-state index < -0.39 is 28.0 Å². The van der Waals surface area contributed by atoms with Gasteiger partial charge in [0, 0.05) is 26.7 Å². The fraction of sp³-hybridized carbons (Fsp3) is 0.533. The Morgan fingerprint density at radius 2 is 1.91 bits per heavy atom. The average Bonchev–Trinajstić information content (AvgIpc) is 2.47. The molecule has 1 aromatic carbocycles. The Morgan fingerprint density at radius 1 is 1.30 bits per heavy atom. The minimum Gasteiger partial charge on any atom is -0.485 e. The predicted octanol–water partition coefficient (Wildman–Crippen LogP) is 0.869. The maximum absolute atomic E-state index is 12.5. The monoisotopic (exact) mass is 339 g/mol. The van der Waals surface area contributed by atoms with Crippen LogP contribution in [0, 0.1) is 11.3 Å². The highest BCUT2D eigenvalue weighted by Gasteiger charge is 2.47. The van der Waals surface area contributed by atoms with Gasteiger partial charge in [-0.15, -0.1) is 0 Å². The smallest absolute Gasteiger partial charge is 0.281 e. The van der Waals surface area contributed by atoms with Crippen molar-refractivity contribution < 1.29 is 18.3 Å². The van der Waals surface area contributed by atoms with E-state index in [4.69, 9.17) is 10.00 Å². The molecule has 2 atom stereocenters. The Kier molecular flexibility index (Phi) is 4.43. The first-order chi connectivity index (χ1) is 10.5. The molecule has 0 aliphatic carbocycles. The molecule has 0 unspecified atom stereocenters. The van der Waals surface area contributed by atoms with E-state index in [0.29, 0.717) is 16.9 Å². The van der Waals surface area contributed by atoms with E-state index in [9.17, 15) is 13.5 Å². The highest BCUT2D eigenvalue weighted by molar-refractivity contribution is 7.86. The van der Waals surface area contributed by atoms with E-state index in [1.165, 1.54) is 21.1 Å². The minimum atomic E-state index is -3.75. The molecule has 0 saturated carbocycles. The van der Waals surface area contributed by atoms with E-state index in [0.717, 1.165) is 8.61 Å². The zero-order valence-electron chi connectivity index (χ0n) is 13.8. The van der Waals surface area contributed by atoms with Crippen molar-refractivity contribution >= 4 is 10.2 Å². The van der Waals surface area contributed by atoms with Gasteiger partial charge in [-0.1, -0.05) is 0 Å². The Hall–Kier alpha value is -1.66. The van der Waals surface area contributed by atoms with Crippen LogP contribution < -0.4 is 4.74 Å². The summed E-state index contributed by atoms with van der Waals surface area (Å²) in [5, 5.41) is 19.8. The summed E-state index contributed by atoms with van der Waals surface area (Å²) in [6, 6.07) is 5.95. The highest BCUT2D eigenvalue weighted by Crippen LogP contribution is 2.43. The molecule has 1 aromatic rings. The molecule has 1 heterocycles. The third-order valence-electron chi connectivity index (χ3n) is 4.06. The maximum Gasteiger partial charge on any atom is 0.281 e. The lowest BCUT2D eigenvalue weighted by Gasteiger charge is -2.45. The van der Waals surface area contributed by atoms with Crippen LogP contribution in [0.4, 0.5) is 0 Å². The summed E-state index contributed by atoms with van der Waals surface area (Å²) in [5.74, 6) is 0.463. The van der Waals surface area contributed by atoms with Crippen molar-refractivity contribution in [1.29, 1.82) is 5.26 Å². The SMILES string of the molecule is CN(C)S(=O)(=O)N(C)[C@@H]1c2cc(C#N)ccc2OC(C)(C)[C@H]1O. The number of nitrogens with zero attached hydrogens (tertiary/aromatic N) is 3. The summed E-state index contributed by atoms with van der Waals surface area (Å²) < 4.78 is 33.0. The van der Waals surface area contributed by atoms with Gasteiger partial charge in [0.25, 0.3) is 10.2 Å². The second kappa shape index (κ2) is 5.76. The van der Waals surface area contributed by atoms with Crippen molar-refractivity contribution in [2.24, 2.45) is 0 Å². The van der Waals surface area contributed by atoms with E-state index >= 15 is 0 Å². The number of aliphatic hydroxyl groups excluding tert-OH is 1. The normalized spacial score (nSPS) is 23.3. The van der Waals surface area contributed by atoms with Gasteiger partial charge in [0.05, 0.1) is 17.7 Å². The molecule has 0 amide bonds. The fourth-order valence-corrected chi connectivity index (χ4v) is 3.66. The zero-order chi connectivity index (χ0) is 17.6. The van der Waals surface area contributed by atoms with Gasteiger partial charge in [-0.3, -0.25) is 0 Å². The quantitative estimate of drug-likeness (QED) is 0.882. The van der Waals surface area contributed by atoms with Gasteiger partial charge in [-0.05, 0) is 32.0 Å². The lowest BCUT2D eigenvalue weighted by atomic mass is 9.86. The number of aliphatic hydroxyl groups is 1. The molecule has 0 fully saturated rings. The summed E-state index contributed by atoms with van der Waals surface area (Å²) in [6.07, 6.45) is -1.09. The van der Waals surface area contributed by atoms with E-state index in [1.54, 1.807) is 32.0 Å². The van der Waals surface area contributed by atoms with Crippen molar-refractivity contribution in [2.45, 2.75) is 31.6 Å². The van der Waals surface area contributed by atoms with Crippen molar-refractivity contribution in [3.63, 3.8) is 0 Å². The summed E-state index contributed by atoms with van der Waals surface area (Å²) in [7, 11) is 0.508.